The highest BCUT2D eigenvalue weighted by Crippen LogP contribution is 2.34. The van der Waals surface area contributed by atoms with E-state index < -0.39 is 24.1 Å². The van der Waals surface area contributed by atoms with Crippen molar-refractivity contribution < 1.29 is 32.2 Å². The number of hydrogen-bond acceptors (Lipinski definition) is 5. The Bertz CT molecular complexity index is 1030. The second-order valence-electron chi connectivity index (χ2n) is 6.40. The fraction of sp³-hybridized carbons (Fsp3) is 0.238. The van der Waals surface area contributed by atoms with Crippen molar-refractivity contribution >= 4 is 23.6 Å². The SMILES string of the molecule is Cc1ccc(NC(=O)C2CNc3cc(OC(F)(F)F)ccc3O2)c(C#CCC=O)c1. The van der Waals surface area contributed by atoms with Crippen LogP contribution in [0.1, 0.15) is 17.5 Å². The van der Waals surface area contributed by atoms with Gasteiger partial charge in [0.1, 0.15) is 17.8 Å². The highest BCUT2D eigenvalue weighted by Gasteiger charge is 2.32. The first-order valence-electron chi connectivity index (χ1n) is 8.89. The second-order valence-corrected chi connectivity index (χ2v) is 6.40. The Morgan fingerprint density at radius 1 is 1.33 bits per heavy atom. The van der Waals surface area contributed by atoms with E-state index in [4.69, 9.17) is 4.74 Å². The molecular formula is C21H17F3N2O4. The van der Waals surface area contributed by atoms with Crippen LogP contribution < -0.4 is 20.1 Å². The van der Waals surface area contributed by atoms with E-state index in [-0.39, 0.29) is 24.4 Å². The van der Waals surface area contributed by atoms with Crippen LogP contribution in [0.25, 0.3) is 0 Å². The number of alkyl halides is 3. The minimum Gasteiger partial charge on any atom is -0.477 e. The molecule has 1 atom stereocenters. The first-order chi connectivity index (χ1) is 14.2. The lowest BCUT2D eigenvalue weighted by atomic mass is 10.1. The number of rotatable bonds is 4. The van der Waals surface area contributed by atoms with Gasteiger partial charge in [0.2, 0.25) is 0 Å². The number of fused-ring (bicyclic) bond motifs is 1. The van der Waals surface area contributed by atoms with Crippen LogP contribution in [0.3, 0.4) is 0 Å². The van der Waals surface area contributed by atoms with Crippen LogP contribution in [0.15, 0.2) is 36.4 Å². The molecule has 3 rings (SSSR count). The first kappa shape index (κ1) is 21.0. The van der Waals surface area contributed by atoms with Gasteiger partial charge in [-0.1, -0.05) is 17.9 Å². The third kappa shape index (κ3) is 5.44. The molecule has 1 heterocycles. The molecule has 0 aromatic heterocycles. The predicted octanol–water partition coefficient (Wildman–Crippen LogP) is 3.65. The molecule has 1 unspecified atom stereocenters. The summed E-state index contributed by atoms with van der Waals surface area (Å²) in [4.78, 5) is 23.1. The minimum absolute atomic E-state index is 0.0479. The molecule has 1 aliphatic rings. The molecule has 1 aliphatic heterocycles. The summed E-state index contributed by atoms with van der Waals surface area (Å²) in [5, 5.41) is 5.61. The van der Waals surface area contributed by atoms with Gasteiger partial charge in [0.05, 0.1) is 24.3 Å². The largest absolute Gasteiger partial charge is 0.573 e. The van der Waals surface area contributed by atoms with Gasteiger partial charge in [-0.05, 0) is 36.8 Å². The highest BCUT2D eigenvalue weighted by molar-refractivity contribution is 5.96. The van der Waals surface area contributed by atoms with E-state index in [0.29, 0.717) is 17.5 Å². The number of hydrogen-bond donors (Lipinski definition) is 2. The zero-order valence-electron chi connectivity index (χ0n) is 15.8. The lowest BCUT2D eigenvalue weighted by molar-refractivity contribution is -0.274. The number of benzene rings is 2. The number of amides is 1. The molecule has 0 spiro atoms. The Balaban J connectivity index is 1.71. The van der Waals surface area contributed by atoms with Gasteiger partial charge < -0.3 is 24.9 Å². The van der Waals surface area contributed by atoms with E-state index in [2.05, 4.69) is 27.2 Å². The molecule has 0 bridgehead atoms. The Labute approximate surface area is 170 Å². The summed E-state index contributed by atoms with van der Waals surface area (Å²) >= 11 is 0. The molecule has 30 heavy (non-hydrogen) atoms. The predicted molar refractivity (Wildman–Crippen MR) is 103 cm³/mol. The number of halogens is 3. The molecule has 6 nitrogen and oxygen atoms in total. The van der Waals surface area contributed by atoms with Crippen molar-refractivity contribution in [1.29, 1.82) is 0 Å². The van der Waals surface area contributed by atoms with Gasteiger partial charge in [0.25, 0.3) is 5.91 Å². The average molecular weight is 418 g/mol. The molecule has 2 N–H and O–H groups in total. The van der Waals surface area contributed by atoms with Crippen molar-refractivity contribution in [2.45, 2.75) is 25.8 Å². The Hall–Kier alpha value is -3.67. The Morgan fingerprint density at radius 3 is 2.87 bits per heavy atom. The van der Waals surface area contributed by atoms with Crippen LogP contribution in [-0.4, -0.2) is 31.2 Å². The molecule has 2 aromatic rings. The number of aryl methyl sites for hydroxylation is 1. The summed E-state index contributed by atoms with van der Waals surface area (Å²) in [7, 11) is 0. The topological polar surface area (TPSA) is 76.7 Å². The van der Waals surface area contributed by atoms with Gasteiger partial charge >= 0.3 is 6.36 Å². The lowest BCUT2D eigenvalue weighted by Gasteiger charge is -2.27. The number of aldehydes is 1. The zero-order valence-corrected chi connectivity index (χ0v) is 15.8. The maximum absolute atomic E-state index is 12.6. The summed E-state index contributed by atoms with van der Waals surface area (Å²) in [5.74, 6) is 4.93. The second kappa shape index (κ2) is 8.78. The quantitative estimate of drug-likeness (QED) is 0.586. The van der Waals surface area contributed by atoms with Crippen molar-refractivity contribution in [1.82, 2.24) is 0 Å². The van der Waals surface area contributed by atoms with Gasteiger partial charge in [-0.3, -0.25) is 4.79 Å². The van der Waals surface area contributed by atoms with Gasteiger partial charge in [0, 0.05) is 11.6 Å². The molecular weight excluding hydrogens is 401 g/mol. The molecule has 0 saturated carbocycles. The Morgan fingerprint density at radius 2 is 2.13 bits per heavy atom. The molecule has 0 radical (unpaired) electrons. The number of carbonyl (C=O) groups excluding carboxylic acids is 2. The normalized spacial score (nSPS) is 14.9. The minimum atomic E-state index is -4.80. The molecule has 156 valence electrons. The summed E-state index contributed by atoms with van der Waals surface area (Å²) in [6.07, 6.45) is -4.95. The van der Waals surface area contributed by atoms with Gasteiger partial charge in [-0.2, -0.15) is 0 Å². The molecule has 0 fully saturated rings. The van der Waals surface area contributed by atoms with E-state index in [0.717, 1.165) is 17.7 Å². The van der Waals surface area contributed by atoms with E-state index in [1.165, 1.54) is 6.07 Å². The first-order valence-corrected chi connectivity index (χ1v) is 8.89. The summed E-state index contributed by atoms with van der Waals surface area (Å²) < 4.78 is 46.5. The number of nitrogens with one attached hydrogen (secondary N) is 2. The molecule has 1 amide bonds. The fourth-order valence-corrected chi connectivity index (χ4v) is 2.76. The van der Waals surface area contributed by atoms with Crippen LogP contribution in [0, 0.1) is 18.8 Å². The van der Waals surface area contributed by atoms with Gasteiger partial charge in [-0.15, -0.1) is 13.2 Å². The highest BCUT2D eigenvalue weighted by atomic mass is 19.4. The van der Waals surface area contributed by atoms with Gasteiger partial charge in [-0.25, -0.2) is 0 Å². The summed E-state index contributed by atoms with van der Waals surface area (Å²) in [6, 6.07) is 8.84. The third-order valence-corrected chi connectivity index (χ3v) is 4.07. The number of carbonyl (C=O) groups is 2. The standard InChI is InChI=1S/C21H17F3N2O4/c1-13-5-7-16(14(10-13)4-2-3-9-27)26-20(28)19-12-25-17-11-15(30-21(22,23)24)6-8-18(17)29-19/h5-11,19,25H,3,12H2,1H3,(H,26,28). The maximum atomic E-state index is 12.6. The van der Waals surface area contributed by atoms with Crippen molar-refractivity contribution in [2.75, 3.05) is 17.2 Å². The van der Waals surface area contributed by atoms with Crippen molar-refractivity contribution in [3.8, 4) is 23.3 Å². The lowest BCUT2D eigenvalue weighted by Crippen LogP contribution is -2.41. The molecule has 0 saturated heterocycles. The van der Waals surface area contributed by atoms with Crippen molar-refractivity contribution in [3.63, 3.8) is 0 Å². The third-order valence-electron chi connectivity index (χ3n) is 4.07. The van der Waals surface area contributed by atoms with Gasteiger partial charge in [0.15, 0.2) is 6.10 Å². The average Bonchev–Trinajstić information content (AvgIpc) is 2.68. The van der Waals surface area contributed by atoms with Crippen molar-refractivity contribution in [3.05, 3.63) is 47.5 Å². The zero-order chi connectivity index (χ0) is 21.7. The number of anilines is 2. The molecule has 9 heteroatoms. The summed E-state index contributed by atoms with van der Waals surface area (Å²) in [6.45, 7) is 1.92. The maximum Gasteiger partial charge on any atom is 0.573 e. The van der Waals surface area contributed by atoms with E-state index >= 15 is 0 Å². The van der Waals surface area contributed by atoms with Crippen LogP contribution in [-0.2, 0) is 9.59 Å². The fourth-order valence-electron chi connectivity index (χ4n) is 2.76. The van der Waals surface area contributed by atoms with Crippen LogP contribution in [0.4, 0.5) is 24.5 Å². The van der Waals surface area contributed by atoms with E-state index in [9.17, 15) is 22.8 Å². The van der Waals surface area contributed by atoms with E-state index in [1.807, 2.05) is 6.92 Å². The molecule has 0 aliphatic carbocycles. The van der Waals surface area contributed by atoms with Crippen LogP contribution >= 0.6 is 0 Å². The summed E-state index contributed by atoms with van der Waals surface area (Å²) in [5.41, 5.74) is 2.25. The smallest absolute Gasteiger partial charge is 0.477 e. The molecule has 2 aromatic carbocycles. The van der Waals surface area contributed by atoms with E-state index in [1.54, 1.807) is 18.2 Å². The monoisotopic (exact) mass is 418 g/mol. The number of ether oxygens (including phenoxy) is 2. The van der Waals surface area contributed by atoms with Crippen LogP contribution in [0.5, 0.6) is 11.5 Å². The van der Waals surface area contributed by atoms with Crippen LogP contribution in [0.2, 0.25) is 0 Å². The Kier molecular flexibility index (Phi) is 6.16. The van der Waals surface area contributed by atoms with Crippen molar-refractivity contribution in [2.24, 2.45) is 0 Å².